The summed E-state index contributed by atoms with van der Waals surface area (Å²) in [5.41, 5.74) is 1.63. The highest BCUT2D eigenvalue weighted by atomic mass is 35.5. The molecule has 1 N–H and O–H groups in total. The van der Waals surface area contributed by atoms with Gasteiger partial charge in [-0.2, -0.15) is 11.8 Å². The lowest BCUT2D eigenvalue weighted by Crippen LogP contribution is -2.24. The monoisotopic (exact) mass is 282 g/mol. The van der Waals surface area contributed by atoms with Crippen molar-refractivity contribution in [1.82, 2.24) is 9.55 Å². The molecule has 1 aliphatic heterocycles. The summed E-state index contributed by atoms with van der Waals surface area (Å²) in [6.07, 6.45) is 2.47. The van der Waals surface area contributed by atoms with Crippen molar-refractivity contribution in [2.45, 2.75) is 19.4 Å². The van der Waals surface area contributed by atoms with Crippen molar-refractivity contribution in [2.24, 2.45) is 5.92 Å². The molecule has 1 aromatic heterocycles. The largest absolute Gasteiger partial charge is 0.326 e. The first-order valence-electron chi connectivity index (χ1n) is 6.20. The number of halogens is 1. The van der Waals surface area contributed by atoms with Crippen LogP contribution in [0.15, 0.2) is 23.0 Å². The molecule has 3 rings (SSSR count). The third kappa shape index (κ3) is 2.19. The van der Waals surface area contributed by atoms with E-state index in [1.54, 1.807) is 6.07 Å². The van der Waals surface area contributed by atoms with Gasteiger partial charge in [0, 0.05) is 6.54 Å². The van der Waals surface area contributed by atoms with Gasteiger partial charge in [-0.15, -0.1) is 0 Å². The van der Waals surface area contributed by atoms with Crippen molar-refractivity contribution >= 4 is 34.4 Å². The third-order valence-corrected chi connectivity index (χ3v) is 5.05. The van der Waals surface area contributed by atoms with Crippen LogP contribution in [0, 0.1) is 5.92 Å². The number of aromatic amines is 1. The van der Waals surface area contributed by atoms with Gasteiger partial charge in [-0.1, -0.05) is 17.7 Å². The number of rotatable bonds is 2. The van der Waals surface area contributed by atoms with Crippen molar-refractivity contribution in [3.8, 4) is 0 Å². The van der Waals surface area contributed by atoms with Gasteiger partial charge in [0.05, 0.1) is 16.1 Å². The Morgan fingerprint density at radius 3 is 3.17 bits per heavy atom. The number of fused-ring (bicyclic) bond motifs is 1. The van der Waals surface area contributed by atoms with Gasteiger partial charge in [-0.05, 0) is 42.4 Å². The van der Waals surface area contributed by atoms with Gasteiger partial charge < -0.3 is 4.98 Å². The zero-order chi connectivity index (χ0) is 12.5. The lowest BCUT2D eigenvalue weighted by molar-refractivity contribution is 0.446. The Bertz CT molecular complexity index is 613. The highest BCUT2D eigenvalue weighted by Gasteiger charge is 2.17. The molecule has 96 valence electrons. The van der Waals surface area contributed by atoms with Gasteiger partial charge in [0.2, 0.25) is 0 Å². The van der Waals surface area contributed by atoms with Crippen LogP contribution in [-0.4, -0.2) is 21.1 Å². The molecule has 1 aromatic carbocycles. The molecule has 1 aliphatic rings. The summed E-state index contributed by atoms with van der Waals surface area (Å²) < 4.78 is 1.83. The smallest absolute Gasteiger partial charge is 0.304 e. The molecule has 0 amide bonds. The van der Waals surface area contributed by atoms with E-state index in [1.165, 1.54) is 18.6 Å². The minimum absolute atomic E-state index is 0.0475. The van der Waals surface area contributed by atoms with Crippen LogP contribution in [0.2, 0.25) is 5.02 Å². The molecule has 1 atom stereocenters. The molecule has 0 aliphatic carbocycles. The van der Waals surface area contributed by atoms with E-state index in [9.17, 15) is 4.79 Å². The fraction of sp³-hybridized carbons (Fsp3) is 0.462. The predicted molar refractivity (Wildman–Crippen MR) is 77.6 cm³/mol. The van der Waals surface area contributed by atoms with Crippen LogP contribution in [0.5, 0.6) is 0 Å². The second kappa shape index (κ2) is 5.02. The fourth-order valence-electron chi connectivity index (χ4n) is 2.54. The van der Waals surface area contributed by atoms with Crippen LogP contribution in [0.3, 0.4) is 0 Å². The highest BCUT2D eigenvalue weighted by Crippen LogP contribution is 2.26. The van der Waals surface area contributed by atoms with Gasteiger partial charge in [-0.25, -0.2) is 4.79 Å². The molecular weight excluding hydrogens is 268 g/mol. The summed E-state index contributed by atoms with van der Waals surface area (Å²) in [5.74, 6) is 3.00. The van der Waals surface area contributed by atoms with Gasteiger partial charge >= 0.3 is 5.69 Å². The van der Waals surface area contributed by atoms with E-state index < -0.39 is 0 Å². The number of benzene rings is 1. The van der Waals surface area contributed by atoms with Gasteiger partial charge in [0.15, 0.2) is 0 Å². The molecule has 5 heteroatoms. The predicted octanol–water partition coefficient (Wildman–Crippen LogP) is 3.13. The van der Waals surface area contributed by atoms with Crippen LogP contribution in [0.25, 0.3) is 11.0 Å². The number of para-hydroxylation sites is 1. The number of nitrogens with zero attached hydrogens (tertiary/aromatic N) is 1. The van der Waals surface area contributed by atoms with Gasteiger partial charge in [-0.3, -0.25) is 4.57 Å². The fourth-order valence-corrected chi connectivity index (χ4v) is 3.90. The minimum Gasteiger partial charge on any atom is -0.304 e. The van der Waals surface area contributed by atoms with E-state index in [1.807, 2.05) is 28.5 Å². The maximum Gasteiger partial charge on any atom is 0.326 e. The van der Waals surface area contributed by atoms with Crippen LogP contribution >= 0.6 is 23.4 Å². The average molecular weight is 283 g/mol. The standard InChI is InChI=1S/C13H15ClN2OS/c14-10-4-1-5-11-12(10)15-13(17)16(11)7-9-3-2-6-18-8-9/h1,4-5,9H,2-3,6-8H2,(H,15,17). The molecule has 2 heterocycles. The second-order valence-corrected chi connectivity index (χ2v) is 6.31. The molecule has 0 saturated carbocycles. The summed E-state index contributed by atoms with van der Waals surface area (Å²) in [6.45, 7) is 0.798. The first kappa shape index (κ1) is 12.2. The first-order chi connectivity index (χ1) is 8.75. The van der Waals surface area contributed by atoms with Crippen LogP contribution in [0.1, 0.15) is 12.8 Å². The van der Waals surface area contributed by atoms with E-state index in [4.69, 9.17) is 11.6 Å². The SMILES string of the molecule is O=c1[nH]c2c(Cl)cccc2n1CC1CCCSC1. The Morgan fingerprint density at radius 2 is 2.39 bits per heavy atom. The summed E-state index contributed by atoms with van der Waals surface area (Å²) in [6, 6.07) is 5.65. The van der Waals surface area contributed by atoms with Crippen molar-refractivity contribution in [3.63, 3.8) is 0 Å². The normalized spacial score (nSPS) is 20.4. The Kier molecular flexibility index (Phi) is 3.39. The van der Waals surface area contributed by atoms with Gasteiger partial charge in [0.1, 0.15) is 0 Å². The molecule has 0 radical (unpaired) electrons. The topological polar surface area (TPSA) is 37.8 Å². The summed E-state index contributed by atoms with van der Waals surface area (Å²) in [4.78, 5) is 14.9. The van der Waals surface area contributed by atoms with E-state index >= 15 is 0 Å². The molecule has 0 spiro atoms. The number of aromatic nitrogens is 2. The number of nitrogens with one attached hydrogen (secondary N) is 1. The maximum absolute atomic E-state index is 12.0. The van der Waals surface area contributed by atoms with Crippen molar-refractivity contribution in [1.29, 1.82) is 0 Å². The van der Waals surface area contributed by atoms with Crippen molar-refractivity contribution < 1.29 is 0 Å². The van der Waals surface area contributed by atoms with E-state index in [2.05, 4.69) is 4.98 Å². The van der Waals surface area contributed by atoms with Crippen LogP contribution in [0.4, 0.5) is 0 Å². The maximum atomic E-state index is 12.0. The summed E-state index contributed by atoms with van der Waals surface area (Å²) in [7, 11) is 0. The Labute approximate surface area is 115 Å². The zero-order valence-corrected chi connectivity index (χ0v) is 11.6. The molecule has 0 bridgehead atoms. The number of H-pyrrole nitrogens is 1. The van der Waals surface area contributed by atoms with Crippen molar-refractivity contribution in [3.05, 3.63) is 33.7 Å². The number of hydrogen-bond acceptors (Lipinski definition) is 2. The molecule has 1 unspecified atom stereocenters. The second-order valence-electron chi connectivity index (χ2n) is 4.76. The number of hydrogen-bond donors (Lipinski definition) is 1. The van der Waals surface area contributed by atoms with E-state index in [0.29, 0.717) is 10.9 Å². The van der Waals surface area contributed by atoms with Crippen LogP contribution in [-0.2, 0) is 6.54 Å². The van der Waals surface area contributed by atoms with Gasteiger partial charge in [0.25, 0.3) is 0 Å². The molecule has 1 fully saturated rings. The molecular formula is C13H15ClN2OS. The average Bonchev–Trinajstić information content (AvgIpc) is 2.70. The Morgan fingerprint density at radius 1 is 1.50 bits per heavy atom. The minimum atomic E-state index is -0.0475. The molecule has 3 nitrogen and oxygen atoms in total. The highest BCUT2D eigenvalue weighted by molar-refractivity contribution is 7.99. The lowest BCUT2D eigenvalue weighted by Gasteiger charge is -2.21. The van der Waals surface area contributed by atoms with Crippen LogP contribution < -0.4 is 5.69 Å². The third-order valence-electron chi connectivity index (χ3n) is 3.45. The van der Waals surface area contributed by atoms with E-state index in [0.717, 1.165) is 23.3 Å². The Hall–Kier alpha value is -0.870. The lowest BCUT2D eigenvalue weighted by atomic mass is 10.1. The summed E-state index contributed by atoms with van der Waals surface area (Å²) >= 11 is 8.09. The number of thioether (sulfide) groups is 1. The quantitative estimate of drug-likeness (QED) is 0.919. The first-order valence-corrected chi connectivity index (χ1v) is 7.74. The molecule has 2 aromatic rings. The summed E-state index contributed by atoms with van der Waals surface area (Å²) in [5, 5.41) is 0.612. The molecule has 18 heavy (non-hydrogen) atoms. The number of imidazole rings is 1. The van der Waals surface area contributed by atoms with Crippen molar-refractivity contribution in [2.75, 3.05) is 11.5 Å². The van der Waals surface area contributed by atoms with E-state index in [-0.39, 0.29) is 5.69 Å². The Balaban J connectivity index is 1.98. The molecule has 1 saturated heterocycles. The zero-order valence-electron chi connectivity index (χ0n) is 9.99.